The Balaban J connectivity index is 2.58. The van der Waals surface area contributed by atoms with Crippen molar-refractivity contribution >= 4 is 11.4 Å². The predicted octanol–water partition coefficient (Wildman–Crippen LogP) is 2.18. The molecule has 0 atom stereocenters. The van der Waals surface area contributed by atoms with Crippen LogP contribution in [-0.2, 0) is 4.74 Å². The normalized spacial score (nSPS) is 10.8. The maximum Gasteiger partial charge on any atom is 0.270 e. The van der Waals surface area contributed by atoms with Crippen molar-refractivity contribution in [3.8, 4) is 0 Å². The summed E-state index contributed by atoms with van der Waals surface area (Å²) >= 11 is 0. The van der Waals surface area contributed by atoms with E-state index in [0.29, 0.717) is 26.2 Å². The summed E-state index contributed by atoms with van der Waals surface area (Å²) in [5.74, 6) is 0. The number of ether oxygens (including phenoxy) is 1. The number of hydrogen-bond donors (Lipinski definition) is 2. The van der Waals surface area contributed by atoms with Gasteiger partial charge in [-0.1, -0.05) is 0 Å². The van der Waals surface area contributed by atoms with Gasteiger partial charge < -0.3 is 15.4 Å². The smallest absolute Gasteiger partial charge is 0.270 e. The molecule has 0 aliphatic rings. The zero-order chi connectivity index (χ0) is 15.0. The standard InChI is InChI=1S/C12H17F2N3O3/c1-20-7-6-15-4-5-16-11-3-2-9(17(18)19)8-10(11)12(13)14/h2-3,8,12,15-16H,4-7H2,1H3. The molecule has 0 bridgehead atoms. The summed E-state index contributed by atoms with van der Waals surface area (Å²) in [5, 5.41) is 16.4. The van der Waals surface area contributed by atoms with Gasteiger partial charge in [0.25, 0.3) is 12.1 Å². The van der Waals surface area contributed by atoms with Gasteiger partial charge in [0, 0.05) is 50.1 Å². The van der Waals surface area contributed by atoms with E-state index in [9.17, 15) is 18.9 Å². The molecule has 20 heavy (non-hydrogen) atoms. The van der Waals surface area contributed by atoms with Crippen LogP contribution in [0.4, 0.5) is 20.2 Å². The van der Waals surface area contributed by atoms with E-state index >= 15 is 0 Å². The van der Waals surface area contributed by atoms with Gasteiger partial charge in [-0.05, 0) is 6.07 Å². The van der Waals surface area contributed by atoms with Crippen molar-refractivity contribution < 1.29 is 18.4 Å². The molecular weight excluding hydrogens is 272 g/mol. The van der Waals surface area contributed by atoms with Crippen molar-refractivity contribution in [3.63, 3.8) is 0 Å². The summed E-state index contributed by atoms with van der Waals surface area (Å²) in [6.07, 6.45) is -2.76. The van der Waals surface area contributed by atoms with Crippen molar-refractivity contribution in [2.24, 2.45) is 0 Å². The largest absolute Gasteiger partial charge is 0.383 e. The van der Waals surface area contributed by atoms with E-state index < -0.39 is 11.3 Å². The zero-order valence-corrected chi connectivity index (χ0v) is 11.1. The van der Waals surface area contributed by atoms with Crippen LogP contribution in [0.2, 0.25) is 0 Å². The number of nitrogens with zero attached hydrogens (tertiary/aromatic N) is 1. The quantitative estimate of drug-likeness (QED) is 0.414. The first-order valence-electron chi connectivity index (χ1n) is 6.06. The molecule has 0 spiro atoms. The number of rotatable bonds is 9. The second kappa shape index (κ2) is 8.39. The lowest BCUT2D eigenvalue weighted by Gasteiger charge is -2.12. The Bertz CT molecular complexity index is 444. The highest BCUT2D eigenvalue weighted by molar-refractivity contribution is 5.56. The van der Waals surface area contributed by atoms with Crippen LogP contribution in [0.15, 0.2) is 18.2 Å². The molecule has 0 heterocycles. The van der Waals surface area contributed by atoms with Crippen LogP contribution in [0.5, 0.6) is 0 Å². The maximum atomic E-state index is 12.9. The summed E-state index contributed by atoms with van der Waals surface area (Å²) in [5.41, 5.74) is -0.501. The number of nitro benzene ring substituents is 1. The topological polar surface area (TPSA) is 76.4 Å². The number of halogens is 2. The second-order valence-electron chi connectivity index (χ2n) is 4.00. The molecule has 0 fully saturated rings. The lowest BCUT2D eigenvalue weighted by atomic mass is 10.1. The molecule has 0 unspecified atom stereocenters. The first-order valence-corrected chi connectivity index (χ1v) is 6.06. The third kappa shape index (κ3) is 5.06. The summed E-state index contributed by atoms with van der Waals surface area (Å²) in [6, 6.07) is 3.40. The number of methoxy groups -OCH3 is 1. The lowest BCUT2D eigenvalue weighted by Crippen LogP contribution is -2.25. The lowest BCUT2D eigenvalue weighted by molar-refractivity contribution is -0.385. The number of alkyl halides is 2. The van der Waals surface area contributed by atoms with Gasteiger partial charge >= 0.3 is 0 Å². The number of benzene rings is 1. The fraction of sp³-hybridized carbons (Fsp3) is 0.500. The summed E-state index contributed by atoms with van der Waals surface area (Å²) in [7, 11) is 1.59. The maximum absolute atomic E-state index is 12.9. The number of non-ortho nitro benzene ring substituents is 1. The van der Waals surface area contributed by atoms with Crippen LogP contribution in [0.3, 0.4) is 0 Å². The van der Waals surface area contributed by atoms with Crippen LogP contribution in [-0.4, -0.2) is 38.3 Å². The fourth-order valence-electron chi connectivity index (χ4n) is 1.59. The molecule has 112 valence electrons. The van der Waals surface area contributed by atoms with Gasteiger partial charge in [-0.25, -0.2) is 8.78 Å². The van der Waals surface area contributed by atoms with Crippen molar-refractivity contribution in [1.82, 2.24) is 5.32 Å². The average Bonchev–Trinajstić information content (AvgIpc) is 2.42. The Morgan fingerprint density at radius 2 is 2.10 bits per heavy atom. The van der Waals surface area contributed by atoms with Crippen molar-refractivity contribution in [3.05, 3.63) is 33.9 Å². The molecule has 6 nitrogen and oxygen atoms in total. The first kappa shape index (κ1) is 16.3. The van der Waals surface area contributed by atoms with E-state index in [2.05, 4.69) is 10.6 Å². The van der Waals surface area contributed by atoms with Gasteiger partial charge in [-0.2, -0.15) is 0 Å². The van der Waals surface area contributed by atoms with Crippen LogP contribution < -0.4 is 10.6 Å². The van der Waals surface area contributed by atoms with Gasteiger partial charge in [0.15, 0.2) is 0 Å². The molecule has 0 aromatic heterocycles. The highest BCUT2D eigenvalue weighted by Crippen LogP contribution is 2.30. The number of nitrogens with one attached hydrogen (secondary N) is 2. The minimum atomic E-state index is -2.76. The van der Waals surface area contributed by atoms with Crippen molar-refractivity contribution in [1.29, 1.82) is 0 Å². The molecule has 0 aliphatic heterocycles. The van der Waals surface area contributed by atoms with E-state index in [1.807, 2.05) is 0 Å². The van der Waals surface area contributed by atoms with E-state index in [4.69, 9.17) is 4.74 Å². The molecule has 1 aromatic carbocycles. The Labute approximate surface area is 115 Å². The van der Waals surface area contributed by atoms with Gasteiger partial charge in [0.2, 0.25) is 0 Å². The molecule has 2 N–H and O–H groups in total. The van der Waals surface area contributed by atoms with Gasteiger partial charge in [-0.15, -0.1) is 0 Å². The van der Waals surface area contributed by atoms with Crippen LogP contribution in [0, 0.1) is 10.1 Å². The third-order valence-electron chi connectivity index (χ3n) is 2.58. The minimum absolute atomic E-state index is 0.208. The highest BCUT2D eigenvalue weighted by atomic mass is 19.3. The third-order valence-corrected chi connectivity index (χ3v) is 2.58. The molecule has 8 heteroatoms. The fourth-order valence-corrected chi connectivity index (χ4v) is 1.59. The minimum Gasteiger partial charge on any atom is -0.383 e. The predicted molar refractivity (Wildman–Crippen MR) is 71.3 cm³/mol. The Kier molecular flexibility index (Phi) is 6.82. The molecule has 0 amide bonds. The Morgan fingerprint density at radius 3 is 2.70 bits per heavy atom. The monoisotopic (exact) mass is 289 g/mol. The van der Waals surface area contributed by atoms with Gasteiger partial charge in [0.05, 0.1) is 11.5 Å². The SMILES string of the molecule is COCCNCCNc1ccc([N+](=O)[O-])cc1C(F)F. The average molecular weight is 289 g/mol. The molecule has 0 saturated carbocycles. The molecule has 0 aliphatic carbocycles. The van der Waals surface area contributed by atoms with Crippen molar-refractivity contribution in [2.45, 2.75) is 6.43 Å². The number of hydrogen-bond acceptors (Lipinski definition) is 5. The van der Waals surface area contributed by atoms with Crippen LogP contribution in [0.25, 0.3) is 0 Å². The molecule has 0 saturated heterocycles. The van der Waals surface area contributed by atoms with Gasteiger partial charge in [0.1, 0.15) is 0 Å². The van der Waals surface area contributed by atoms with E-state index in [-0.39, 0.29) is 16.9 Å². The van der Waals surface area contributed by atoms with Crippen molar-refractivity contribution in [2.75, 3.05) is 38.7 Å². The van der Waals surface area contributed by atoms with Crippen LogP contribution in [0.1, 0.15) is 12.0 Å². The molecule has 1 rings (SSSR count). The second-order valence-corrected chi connectivity index (χ2v) is 4.00. The zero-order valence-electron chi connectivity index (χ0n) is 11.1. The van der Waals surface area contributed by atoms with Gasteiger partial charge in [-0.3, -0.25) is 10.1 Å². The van der Waals surface area contributed by atoms with E-state index in [1.54, 1.807) is 7.11 Å². The molecular formula is C12H17F2N3O3. The highest BCUT2D eigenvalue weighted by Gasteiger charge is 2.17. The summed E-state index contributed by atoms with van der Waals surface area (Å²) in [6.45, 7) is 2.24. The Hall–Kier alpha value is -1.80. The van der Waals surface area contributed by atoms with E-state index in [1.165, 1.54) is 12.1 Å². The van der Waals surface area contributed by atoms with Crippen LogP contribution >= 0.6 is 0 Å². The van der Waals surface area contributed by atoms with E-state index in [0.717, 1.165) is 6.07 Å². The first-order chi connectivity index (χ1) is 9.56. The molecule has 0 radical (unpaired) electrons. The Morgan fingerprint density at radius 1 is 1.35 bits per heavy atom. The number of anilines is 1. The number of nitro groups is 1. The summed E-state index contributed by atoms with van der Waals surface area (Å²) < 4.78 is 30.6. The summed E-state index contributed by atoms with van der Waals surface area (Å²) in [4.78, 5) is 9.87. The molecule has 1 aromatic rings.